The number of benzene rings is 4. The highest BCUT2D eigenvalue weighted by Gasteiger charge is 2.55. The maximum atomic E-state index is 14.0. The van der Waals surface area contributed by atoms with Crippen LogP contribution in [0.15, 0.2) is 118 Å². The van der Waals surface area contributed by atoms with E-state index in [0.717, 1.165) is 5.56 Å². The van der Waals surface area contributed by atoms with E-state index in [9.17, 15) is 14.4 Å². The van der Waals surface area contributed by atoms with Crippen LogP contribution in [0.25, 0.3) is 22.6 Å². The van der Waals surface area contributed by atoms with Gasteiger partial charge >= 0.3 is 11.7 Å². The van der Waals surface area contributed by atoms with Gasteiger partial charge in [-0.3, -0.25) is 9.36 Å². The average molecular weight is 591 g/mol. The Morgan fingerprint density at radius 1 is 0.795 bits per heavy atom. The van der Waals surface area contributed by atoms with Crippen molar-refractivity contribution in [1.29, 1.82) is 0 Å². The molecule has 5 aromatic rings. The summed E-state index contributed by atoms with van der Waals surface area (Å²) in [6.45, 7) is 0.0598. The molecule has 2 heterocycles. The monoisotopic (exact) mass is 590 g/mol. The molecule has 2 atom stereocenters. The molecular formula is C35H30N2O7. The second kappa shape index (κ2) is 12.3. The zero-order valence-electron chi connectivity index (χ0n) is 24.2. The number of methoxy groups -OCH3 is 2. The number of ether oxygens (including phenoxy) is 3. The number of oxazole rings is 1. The number of esters is 1. The summed E-state index contributed by atoms with van der Waals surface area (Å²) in [4.78, 5) is 42.8. The molecule has 6 rings (SSSR count). The number of hydrogen-bond acceptors (Lipinski definition) is 7. The summed E-state index contributed by atoms with van der Waals surface area (Å²) < 4.78 is 23.7. The highest BCUT2D eigenvalue weighted by atomic mass is 16.5. The molecule has 0 aliphatic carbocycles. The summed E-state index contributed by atoms with van der Waals surface area (Å²) >= 11 is 0. The molecule has 1 aliphatic rings. The molecule has 0 unspecified atom stereocenters. The lowest BCUT2D eigenvalue weighted by molar-refractivity contribution is -0.174. The lowest BCUT2D eigenvalue weighted by atomic mass is 9.92. The summed E-state index contributed by atoms with van der Waals surface area (Å²) in [5, 5.41) is 0. The lowest BCUT2D eigenvalue weighted by Gasteiger charge is -2.45. The van der Waals surface area contributed by atoms with Crippen molar-refractivity contribution in [2.24, 2.45) is 0 Å². The van der Waals surface area contributed by atoms with Crippen molar-refractivity contribution in [3.05, 3.63) is 131 Å². The Hall–Kier alpha value is -5.57. The predicted octanol–water partition coefficient (Wildman–Crippen LogP) is 5.49. The molecule has 44 heavy (non-hydrogen) atoms. The number of aromatic nitrogens is 1. The highest BCUT2D eigenvalue weighted by Crippen LogP contribution is 2.41. The Balaban J connectivity index is 1.43. The van der Waals surface area contributed by atoms with Crippen LogP contribution in [0.5, 0.6) is 11.5 Å². The third-order valence-corrected chi connectivity index (χ3v) is 7.67. The van der Waals surface area contributed by atoms with Gasteiger partial charge in [-0.25, -0.2) is 9.59 Å². The molecule has 1 amide bonds. The molecular weight excluding hydrogens is 560 g/mol. The predicted molar refractivity (Wildman–Crippen MR) is 163 cm³/mol. The van der Waals surface area contributed by atoms with Gasteiger partial charge in [0.2, 0.25) is 5.91 Å². The first-order valence-electron chi connectivity index (χ1n) is 14.1. The van der Waals surface area contributed by atoms with Gasteiger partial charge in [-0.1, -0.05) is 91.0 Å². The van der Waals surface area contributed by atoms with Crippen molar-refractivity contribution in [3.8, 4) is 34.1 Å². The van der Waals surface area contributed by atoms with Gasteiger partial charge in [-0.15, -0.1) is 0 Å². The smallest absolute Gasteiger partial charge is 0.420 e. The Kier molecular flexibility index (Phi) is 8.01. The van der Waals surface area contributed by atoms with Crippen LogP contribution in [0.3, 0.4) is 0 Å². The molecule has 0 radical (unpaired) electrons. The fraction of sp³-hybridized carbons (Fsp3) is 0.171. The first-order chi connectivity index (χ1) is 21.5. The number of β-lactam (4-membered cyclic amide) rings is 1. The number of rotatable bonds is 10. The minimum absolute atomic E-state index is 0.0118. The first-order valence-corrected chi connectivity index (χ1v) is 14.1. The first kappa shape index (κ1) is 28.5. The van der Waals surface area contributed by atoms with Gasteiger partial charge in [0.25, 0.3) is 0 Å². The van der Waals surface area contributed by atoms with Crippen LogP contribution in [-0.2, 0) is 27.5 Å². The third-order valence-electron chi connectivity index (χ3n) is 7.67. The largest absolute Gasteiger partial charge is 0.497 e. The Labute approximate surface area is 253 Å². The summed E-state index contributed by atoms with van der Waals surface area (Å²) in [5.74, 6) is -0.426. The molecule has 9 nitrogen and oxygen atoms in total. The zero-order valence-corrected chi connectivity index (χ0v) is 24.2. The van der Waals surface area contributed by atoms with Crippen molar-refractivity contribution >= 4 is 11.9 Å². The second-order valence-corrected chi connectivity index (χ2v) is 10.3. The van der Waals surface area contributed by atoms with Crippen LogP contribution in [0.1, 0.15) is 17.2 Å². The lowest BCUT2D eigenvalue weighted by Crippen LogP contribution is -2.65. The Bertz CT molecular complexity index is 1830. The van der Waals surface area contributed by atoms with Gasteiger partial charge in [0, 0.05) is 22.8 Å². The number of carbonyl (C=O) groups excluding carboxylic acids is 2. The van der Waals surface area contributed by atoms with E-state index in [4.69, 9.17) is 18.6 Å². The SMILES string of the molecule is COc1ccc(CN2C(=O)[C@H](n3c(-c4ccccc4)c(-c4ccccc4)oc3=O)[C@@H]2C(=O)OCc2ccccc2)c(OC)c1. The third kappa shape index (κ3) is 5.35. The van der Waals surface area contributed by atoms with Crippen molar-refractivity contribution in [1.82, 2.24) is 9.47 Å². The summed E-state index contributed by atoms with van der Waals surface area (Å²) in [6, 6.07) is 30.6. The standard InChI is InChI=1S/C35H30N2O7/c1-41-27-19-18-26(28(20-27)42-2)21-36-31(34(39)43-22-23-12-6-3-7-13-23)30(33(36)38)37-29(24-14-8-4-9-15-24)32(44-35(37)40)25-16-10-5-11-17-25/h3-20,30-31H,21-22H2,1-2H3/t30-,31-/m1/s1. The fourth-order valence-electron chi connectivity index (χ4n) is 5.48. The molecule has 9 heteroatoms. The maximum absolute atomic E-state index is 14.0. The minimum Gasteiger partial charge on any atom is -0.497 e. The van der Waals surface area contributed by atoms with E-state index in [-0.39, 0.29) is 13.2 Å². The molecule has 0 bridgehead atoms. The van der Waals surface area contributed by atoms with Crippen LogP contribution >= 0.6 is 0 Å². The highest BCUT2D eigenvalue weighted by molar-refractivity contribution is 5.99. The topological polar surface area (TPSA) is 100 Å². The van der Waals surface area contributed by atoms with Crippen molar-refractivity contribution in [2.45, 2.75) is 25.2 Å². The summed E-state index contributed by atoms with van der Waals surface area (Å²) in [6.07, 6.45) is 0. The molecule has 4 aromatic carbocycles. The quantitative estimate of drug-likeness (QED) is 0.157. The van der Waals surface area contributed by atoms with Gasteiger partial charge in [-0.05, 0) is 17.7 Å². The van der Waals surface area contributed by atoms with Crippen LogP contribution in [0, 0.1) is 0 Å². The van der Waals surface area contributed by atoms with Crippen LogP contribution < -0.4 is 15.2 Å². The van der Waals surface area contributed by atoms with Crippen LogP contribution in [-0.4, -0.2) is 41.6 Å². The van der Waals surface area contributed by atoms with E-state index in [2.05, 4.69) is 0 Å². The number of carbonyl (C=O) groups is 2. The van der Waals surface area contributed by atoms with Gasteiger partial charge < -0.3 is 23.5 Å². The molecule has 1 aliphatic heterocycles. The molecule has 1 saturated heterocycles. The number of likely N-dealkylation sites (tertiary alicyclic amines) is 1. The number of nitrogens with zero attached hydrogens (tertiary/aromatic N) is 2. The van der Waals surface area contributed by atoms with E-state index in [0.29, 0.717) is 39.6 Å². The normalized spacial score (nSPS) is 15.9. The molecule has 1 fully saturated rings. The van der Waals surface area contributed by atoms with Crippen molar-refractivity contribution in [2.75, 3.05) is 14.2 Å². The Morgan fingerprint density at radius 2 is 1.43 bits per heavy atom. The summed E-state index contributed by atoms with van der Waals surface area (Å²) in [5.41, 5.74) is 3.19. The van der Waals surface area contributed by atoms with E-state index in [1.54, 1.807) is 25.3 Å². The zero-order chi connectivity index (χ0) is 30.6. The van der Waals surface area contributed by atoms with Crippen molar-refractivity contribution in [3.63, 3.8) is 0 Å². The second-order valence-electron chi connectivity index (χ2n) is 10.3. The molecule has 222 valence electrons. The Morgan fingerprint density at radius 3 is 2.07 bits per heavy atom. The maximum Gasteiger partial charge on any atom is 0.420 e. The fourth-order valence-corrected chi connectivity index (χ4v) is 5.48. The van der Waals surface area contributed by atoms with Crippen molar-refractivity contribution < 1.29 is 28.2 Å². The number of hydrogen-bond donors (Lipinski definition) is 0. The van der Waals surface area contributed by atoms with E-state index in [1.807, 2.05) is 91.0 Å². The molecule has 1 aromatic heterocycles. The van der Waals surface area contributed by atoms with E-state index >= 15 is 0 Å². The van der Waals surface area contributed by atoms with Gasteiger partial charge in [-0.2, -0.15) is 0 Å². The number of amides is 1. The van der Waals surface area contributed by atoms with Gasteiger partial charge in [0.05, 0.1) is 26.5 Å². The average Bonchev–Trinajstić information content (AvgIpc) is 3.41. The molecule has 0 saturated carbocycles. The van der Waals surface area contributed by atoms with Crippen LogP contribution in [0.4, 0.5) is 0 Å². The molecule has 0 spiro atoms. The van der Waals surface area contributed by atoms with Gasteiger partial charge in [0.15, 0.2) is 17.8 Å². The molecule has 0 N–H and O–H groups in total. The van der Waals surface area contributed by atoms with Crippen LogP contribution in [0.2, 0.25) is 0 Å². The van der Waals surface area contributed by atoms with E-state index in [1.165, 1.54) is 16.6 Å². The van der Waals surface area contributed by atoms with E-state index < -0.39 is 29.7 Å². The van der Waals surface area contributed by atoms with Gasteiger partial charge in [0.1, 0.15) is 18.1 Å². The summed E-state index contributed by atoms with van der Waals surface area (Å²) in [7, 11) is 3.07. The minimum atomic E-state index is -1.19.